The predicted octanol–water partition coefficient (Wildman–Crippen LogP) is -0.342. The average Bonchev–Trinajstić information content (AvgIpc) is 2.50. The molecule has 0 amide bonds. The van der Waals surface area contributed by atoms with E-state index in [0.29, 0.717) is 10.8 Å². The Bertz CT molecular complexity index is 663. The number of aromatic amines is 1. The van der Waals surface area contributed by atoms with Crippen molar-refractivity contribution in [2.24, 2.45) is 7.05 Å². The van der Waals surface area contributed by atoms with Gasteiger partial charge in [-0.15, -0.1) is 0 Å². The number of phenolic OH excluding ortho intramolecular Hbond substituents is 1. The van der Waals surface area contributed by atoms with Gasteiger partial charge in [0.15, 0.2) is 0 Å². The van der Waals surface area contributed by atoms with Gasteiger partial charge in [0.25, 0.3) is 5.56 Å². The number of aromatic nitrogens is 2. The Labute approximate surface area is 91.8 Å². The number of phenols is 1. The lowest BCUT2D eigenvalue weighted by Gasteiger charge is -1.92. The number of nitrogens with zero attached hydrogens (tertiary/aromatic N) is 1. The number of aromatic hydroxyl groups is 1. The Hall–Kier alpha value is -2.23. The van der Waals surface area contributed by atoms with Gasteiger partial charge >= 0.3 is 0 Å². The minimum Gasteiger partial charge on any atom is -0.508 e. The Morgan fingerprint density at radius 3 is 2.50 bits per heavy atom. The molecule has 0 atom stereocenters. The third-order valence-electron chi connectivity index (χ3n) is 2.42. The van der Waals surface area contributed by atoms with Crippen molar-refractivity contribution in [2.45, 2.75) is 0 Å². The number of hydrogen-bond acceptors (Lipinski definition) is 2. The highest BCUT2D eigenvalue weighted by Gasteiger charge is 1.97. The maximum atomic E-state index is 11.7. The van der Waals surface area contributed by atoms with Crippen LogP contribution in [-0.4, -0.2) is 14.7 Å². The summed E-state index contributed by atoms with van der Waals surface area (Å²) in [5.74, 6) is 0.203. The molecule has 0 aliphatic rings. The molecule has 0 spiro atoms. The van der Waals surface area contributed by atoms with Gasteiger partial charge in [0.1, 0.15) is 16.6 Å². The van der Waals surface area contributed by atoms with E-state index in [0.717, 1.165) is 5.56 Å². The fourth-order valence-electron chi connectivity index (χ4n) is 1.43. The highest BCUT2D eigenvalue weighted by molar-refractivity contribution is 5.49. The molecule has 2 rings (SSSR count). The van der Waals surface area contributed by atoms with Gasteiger partial charge in [-0.05, 0) is 23.8 Å². The summed E-state index contributed by atoms with van der Waals surface area (Å²) >= 11 is 0. The number of benzene rings is 1. The number of imidazole rings is 1. The summed E-state index contributed by atoms with van der Waals surface area (Å²) in [6.07, 6.45) is 1.72. The maximum absolute atomic E-state index is 11.7. The number of nitrogens with one attached hydrogen (secondary N) is 1. The maximum Gasteiger partial charge on any atom is 0.275 e. The van der Waals surface area contributed by atoms with Crippen molar-refractivity contribution in [3.63, 3.8) is 0 Å². The molecule has 1 heterocycles. The monoisotopic (exact) mass is 216 g/mol. The summed E-state index contributed by atoms with van der Waals surface area (Å²) in [7, 11) is 1.66. The van der Waals surface area contributed by atoms with Gasteiger partial charge in [0.2, 0.25) is 0 Å². The average molecular weight is 216 g/mol. The summed E-state index contributed by atoms with van der Waals surface area (Å²) in [4.78, 5) is 14.6. The summed E-state index contributed by atoms with van der Waals surface area (Å²) in [6, 6.07) is 6.62. The molecule has 82 valence electrons. The quantitative estimate of drug-likeness (QED) is 0.685. The van der Waals surface area contributed by atoms with Gasteiger partial charge in [0.05, 0.1) is 0 Å². The smallest absolute Gasteiger partial charge is 0.275 e. The summed E-state index contributed by atoms with van der Waals surface area (Å²) < 4.78 is 1.45. The second-order valence-corrected chi connectivity index (χ2v) is 3.59. The van der Waals surface area contributed by atoms with Gasteiger partial charge in [0, 0.05) is 7.05 Å². The van der Waals surface area contributed by atoms with Gasteiger partial charge < -0.3 is 10.1 Å². The normalized spacial score (nSPS) is 11.9. The van der Waals surface area contributed by atoms with Crippen LogP contribution in [0.2, 0.25) is 0 Å². The zero-order valence-electron chi connectivity index (χ0n) is 8.90. The molecule has 0 aliphatic heterocycles. The Balaban J connectivity index is 2.60. The lowest BCUT2D eigenvalue weighted by molar-refractivity contribution is 0.475. The first kappa shape index (κ1) is 10.3. The lowest BCUT2D eigenvalue weighted by atomic mass is 10.2. The van der Waals surface area contributed by atoms with E-state index in [9.17, 15) is 4.79 Å². The fraction of sp³-hybridized carbons (Fsp3) is 0.0833. The van der Waals surface area contributed by atoms with Crippen LogP contribution in [0.3, 0.4) is 0 Å². The lowest BCUT2D eigenvalue weighted by Crippen LogP contribution is -2.28. The first-order valence-electron chi connectivity index (χ1n) is 4.82. The second kappa shape index (κ2) is 3.73. The molecule has 0 saturated heterocycles. The number of H-pyrrole nitrogens is 1. The molecule has 1 aromatic heterocycles. The molecule has 0 bridgehead atoms. The highest BCUT2D eigenvalue weighted by atomic mass is 16.3. The van der Waals surface area contributed by atoms with E-state index < -0.39 is 0 Å². The SMILES string of the molecule is C=c1[nH]c(=Cc2ccc(O)cc2)c(=O)n1C. The summed E-state index contributed by atoms with van der Waals surface area (Å²) in [5.41, 5.74) is 1.30. The van der Waals surface area contributed by atoms with E-state index in [1.807, 2.05) is 0 Å². The third-order valence-corrected chi connectivity index (χ3v) is 2.42. The number of rotatable bonds is 1. The van der Waals surface area contributed by atoms with E-state index in [2.05, 4.69) is 11.6 Å². The highest BCUT2D eigenvalue weighted by Crippen LogP contribution is 2.09. The molecule has 16 heavy (non-hydrogen) atoms. The van der Waals surface area contributed by atoms with Crippen molar-refractivity contribution in [2.75, 3.05) is 0 Å². The zero-order valence-corrected chi connectivity index (χ0v) is 8.90. The van der Waals surface area contributed by atoms with Crippen LogP contribution in [0.15, 0.2) is 29.1 Å². The van der Waals surface area contributed by atoms with Crippen LogP contribution in [0.25, 0.3) is 12.7 Å². The molecular formula is C12H12N2O2. The van der Waals surface area contributed by atoms with Crippen LogP contribution < -0.4 is 16.4 Å². The molecule has 0 saturated carbocycles. The van der Waals surface area contributed by atoms with Crippen molar-refractivity contribution in [3.05, 3.63) is 51.0 Å². The Morgan fingerprint density at radius 1 is 1.38 bits per heavy atom. The van der Waals surface area contributed by atoms with Crippen LogP contribution >= 0.6 is 0 Å². The standard InChI is InChI=1S/C12H12N2O2/c1-8-13-11(12(16)14(8)2)7-9-3-5-10(15)6-4-9/h3-7,13,15H,1H2,2H3. The zero-order chi connectivity index (χ0) is 11.7. The van der Waals surface area contributed by atoms with Crippen LogP contribution in [0, 0.1) is 0 Å². The third kappa shape index (κ3) is 1.77. The molecule has 1 aromatic carbocycles. The second-order valence-electron chi connectivity index (χ2n) is 3.59. The van der Waals surface area contributed by atoms with E-state index in [-0.39, 0.29) is 11.3 Å². The van der Waals surface area contributed by atoms with Gasteiger partial charge in [-0.1, -0.05) is 18.7 Å². The first-order valence-corrected chi connectivity index (χ1v) is 4.82. The number of hydrogen-bond donors (Lipinski definition) is 2. The Morgan fingerprint density at radius 2 is 2.00 bits per heavy atom. The predicted molar refractivity (Wildman–Crippen MR) is 62.5 cm³/mol. The molecule has 0 fully saturated rings. The molecule has 0 unspecified atom stereocenters. The van der Waals surface area contributed by atoms with E-state index in [1.165, 1.54) is 4.57 Å². The van der Waals surface area contributed by atoms with Gasteiger partial charge in [-0.25, -0.2) is 0 Å². The molecule has 2 N–H and O–H groups in total. The minimum atomic E-state index is -0.113. The van der Waals surface area contributed by atoms with Gasteiger partial charge in [-0.3, -0.25) is 9.36 Å². The van der Waals surface area contributed by atoms with Crippen molar-refractivity contribution in [1.82, 2.24) is 9.55 Å². The van der Waals surface area contributed by atoms with Crippen LogP contribution in [0.5, 0.6) is 5.75 Å². The molecule has 2 aromatic rings. The topological polar surface area (TPSA) is 58.0 Å². The first-order chi connectivity index (χ1) is 7.58. The van der Waals surface area contributed by atoms with Crippen molar-refractivity contribution in [3.8, 4) is 5.75 Å². The summed E-state index contributed by atoms with van der Waals surface area (Å²) in [6.45, 7) is 3.70. The Kier molecular flexibility index (Phi) is 2.40. The largest absolute Gasteiger partial charge is 0.508 e. The van der Waals surface area contributed by atoms with E-state index >= 15 is 0 Å². The van der Waals surface area contributed by atoms with Crippen molar-refractivity contribution >= 4 is 12.7 Å². The molecule has 4 heteroatoms. The van der Waals surface area contributed by atoms with Crippen LogP contribution in [0.4, 0.5) is 0 Å². The van der Waals surface area contributed by atoms with E-state index in [4.69, 9.17) is 5.11 Å². The van der Waals surface area contributed by atoms with Crippen molar-refractivity contribution < 1.29 is 5.11 Å². The molecular weight excluding hydrogens is 204 g/mol. The van der Waals surface area contributed by atoms with Gasteiger partial charge in [-0.2, -0.15) is 0 Å². The fourth-order valence-corrected chi connectivity index (χ4v) is 1.43. The van der Waals surface area contributed by atoms with Crippen LogP contribution in [-0.2, 0) is 7.05 Å². The molecule has 4 nitrogen and oxygen atoms in total. The minimum absolute atomic E-state index is 0.113. The van der Waals surface area contributed by atoms with Crippen molar-refractivity contribution in [1.29, 1.82) is 0 Å². The summed E-state index contributed by atoms with van der Waals surface area (Å²) in [5, 5.41) is 9.61. The van der Waals surface area contributed by atoms with Crippen LogP contribution in [0.1, 0.15) is 5.56 Å². The molecule has 0 radical (unpaired) electrons. The van der Waals surface area contributed by atoms with E-state index in [1.54, 1.807) is 37.4 Å². The molecule has 0 aliphatic carbocycles.